The van der Waals surface area contributed by atoms with E-state index in [2.05, 4.69) is 32.1 Å². The van der Waals surface area contributed by atoms with E-state index in [0.29, 0.717) is 34.4 Å². The third kappa shape index (κ3) is 5.03. The summed E-state index contributed by atoms with van der Waals surface area (Å²) >= 11 is 0. The van der Waals surface area contributed by atoms with E-state index in [9.17, 15) is 4.79 Å². The Morgan fingerprint density at radius 2 is 1.91 bits per heavy atom. The molecule has 3 N–H and O–H groups in total. The van der Waals surface area contributed by atoms with Gasteiger partial charge in [0.2, 0.25) is 5.88 Å². The van der Waals surface area contributed by atoms with E-state index < -0.39 is 0 Å². The highest BCUT2D eigenvalue weighted by Crippen LogP contribution is 2.31. The number of aromatic nitrogens is 3. The zero-order chi connectivity index (χ0) is 23.4. The van der Waals surface area contributed by atoms with Crippen molar-refractivity contribution in [3.8, 4) is 17.3 Å². The molecular weight excluding hydrogens is 418 g/mol. The summed E-state index contributed by atoms with van der Waals surface area (Å²) in [5.41, 5.74) is 1.04. The van der Waals surface area contributed by atoms with Crippen molar-refractivity contribution in [2.45, 2.75) is 38.5 Å². The molecule has 1 aliphatic heterocycles. The summed E-state index contributed by atoms with van der Waals surface area (Å²) in [5.74, 6) is 2.20. The number of hydrogen-bond donors (Lipinski definition) is 3. The third-order valence-electron chi connectivity index (χ3n) is 6.78. The number of H-pyrrole nitrogens is 1. The molecule has 2 aromatic heterocycles. The molecule has 0 spiro atoms. The van der Waals surface area contributed by atoms with Crippen LogP contribution in [0.3, 0.4) is 0 Å². The molecule has 33 heavy (non-hydrogen) atoms. The molecule has 1 saturated heterocycles. The summed E-state index contributed by atoms with van der Waals surface area (Å²) in [4.78, 5) is 30.0. The number of likely N-dealkylation sites (N-methyl/N-ethyl adjacent to an activating group) is 1. The predicted molar refractivity (Wildman–Crippen MR) is 132 cm³/mol. The van der Waals surface area contributed by atoms with Crippen LogP contribution in [0.15, 0.2) is 16.9 Å². The highest BCUT2D eigenvalue weighted by molar-refractivity contribution is 6.03. The van der Waals surface area contributed by atoms with Crippen LogP contribution in [0.4, 0.5) is 11.6 Å². The number of pyridine rings is 1. The van der Waals surface area contributed by atoms with Crippen LogP contribution in [0.2, 0.25) is 0 Å². The Morgan fingerprint density at radius 3 is 2.64 bits per heavy atom. The third-order valence-corrected chi connectivity index (χ3v) is 6.78. The van der Waals surface area contributed by atoms with Gasteiger partial charge in [0.1, 0.15) is 23.0 Å². The van der Waals surface area contributed by atoms with Crippen LogP contribution in [0.5, 0.6) is 5.88 Å². The van der Waals surface area contributed by atoms with Crippen molar-refractivity contribution >= 4 is 17.3 Å². The lowest BCUT2D eigenvalue weighted by atomic mass is 9.83. The molecule has 0 unspecified atom stereocenters. The van der Waals surface area contributed by atoms with Gasteiger partial charge in [-0.1, -0.05) is 19.3 Å². The molecule has 1 saturated carbocycles. The second kappa shape index (κ2) is 10.3. The Bertz CT molecular complexity index is 1050. The summed E-state index contributed by atoms with van der Waals surface area (Å²) in [6, 6.07) is 3.86. The van der Waals surface area contributed by atoms with Crippen molar-refractivity contribution in [2.75, 3.05) is 57.6 Å². The van der Waals surface area contributed by atoms with Crippen molar-refractivity contribution < 1.29 is 4.74 Å². The molecule has 0 aromatic carbocycles. The second-order valence-corrected chi connectivity index (χ2v) is 9.01. The van der Waals surface area contributed by atoms with Gasteiger partial charge >= 0.3 is 0 Å². The molecule has 2 fully saturated rings. The highest BCUT2D eigenvalue weighted by Gasteiger charge is 2.26. The van der Waals surface area contributed by atoms with Gasteiger partial charge in [0.15, 0.2) is 0 Å². The van der Waals surface area contributed by atoms with Crippen LogP contribution in [-0.4, -0.2) is 72.9 Å². The minimum Gasteiger partial charge on any atom is -0.480 e. The van der Waals surface area contributed by atoms with Gasteiger partial charge in [0.05, 0.1) is 18.4 Å². The Labute approximate surface area is 195 Å². The van der Waals surface area contributed by atoms with Gasteiger partial charge in [-0.05, 0) is 45.0 Å². The van der Waals surface area contributed by atoms with Gasteiger partial charge in [-0.25, -0.2) is 4.98 Å². The maximum Gasteiger partial charge on any atom is 0.262 e. The number of nitrogens with zero attached hydrogens (tertiary/aromatic N) is 4. The fourth-order valence-corrected chi connectivity index (χ4v) is 4.85. The molecule has 1 aliphatic carbocycles. The van der Waals surface area contributed by atoms with E-state index in [4.69, 9.17) is 15.1 Å². The number of hydrogen-bond acceptors (Lipinski definition) is 8. The molecule has 0 radical (unpaired) electrons. The number of anilines is 2. The number of aromatic amines is 1. The molecule has 2 aromatic rings. The van der Waals surface area contributed by atoms with Gasteiger partial charge in [0.25, 0.3) is 5.56 Å². The molecule has 4 rings (SSSR count). The normalized spacial score (nSPS) is 18.1. The molecule has 9 nitrogen and oxygen atoms in total. The Hall–Kier alpha value is -2.94. The minimum absolute atomic E-state index is 0.114. The van der Waals surface area contributed by atoms with Gasteiger partial charge in [-0.2, -0.15) is 4.98 Å². The fraction of sp³-hybridized carbons (Fsp3) is 0.583. The number of rotatable bonds is 6. The molecule has 178 valence electrons. The lowest BCUT2D eigenvalue weighted by molar-refractivity contribution is 0.360. The van der Waals surface area contributed by atoms with E-state index in [1.165, 1.54) is 6.42 Å². The summed E-state index contributed by atoms with van der Waals surface area (Å²) < 4.78 is 5.60. The number of methoxy groups -OCH3 is 1. The molecule has 2 aliphatic rings. The van der Waals surface area contributed by atoms with Crippen molar-refractivity contribution in [3.63, 3.8) is 0 Å². The number of ether oxygens (including phenoxy) is 1. The van der Waals surface area contributed by atoms with Gasteiger partial charge < -0.3 is 30.2 Å². The predicted octanol–water partition coefficient (Wildman–Crippen LogP) is 2.97. The summed E-state index contributed by atoms with van der Waals surface area (Å²) in [6.45, 7) is 3.91. The maximum atomic E-state index is 13.1. The van der Waals surface area contributed by atoms with Crippen LogP contribution in [0, 0.1) is 11.3 Å². The standard InChI is InChI=1S/C24H35N7O2/c1-26-22-19(20(25)16-8-5-4-6-9-16)23(32)29-21(28-22)17-10-11-18(27-24(17)33-3)31-13-7-12-30(2)14-15-31/h10-11,16,25H,4-9,12-15H2,1-3H3,(H2,26,28,29,32). The Morgan fingerprint density at radius 1 is 1.12 bits per heavy atom. The van der Waals surface area contributed by atoms with E-state index in [-0.39, 0.29) is 11.5 Å². The minimum atomic E-state index is -0.304. The van der Waals surface area contributed by atoms with E-state index in [1.807, 2.05) is 12.1 Å². The van der Waals surface area contributed by atoms with Gasteiger partial charge in [-0.15, -0.1) is 0 Å². The van der Waals surface area contributed by atoms with Gasteiger partial charge in [0, 0.05) is 32.6 Å². The van der Waals surface area contributed by atoms with E-state index >= 15 is 0 Å². The Balaban J connectivity index is 1.66. The topological polar surface area (TPSA) is 110 Å². The Kier molecular flexibility index (Phi) is 7.27. The monoisotopic (exact) mass is 453 g/mol. The molecular formula is C24H35N7O2. The second-order valence-electron chi connectivity index (χ2n) is 9.01. The van der Waals surface area contributed by atoms with Crippen LogP contribution in [-0.2, 0) is 0 Å². The highest BCUT2D eigenvalue weighted by atomic mass is 16.5. The first kappa shape index (κ1) is 23.2. The zero-order valence-electron chi connectivity index (χ0n) is 19.9. The number of nitrogens with one attached hydrogen (secondary N) is 3. The van der Waals surface area contributed by atoms with Crippen molar-refractivity contribution in [1.82, 2.24) is 19.9 Å². The fourth-order valence-electron chi connectivity index (χ4n) is 4.85. The summed E-state index contributed by atoms with van der Waals surface area (Å²) in [6.07, 6.45) is 6.40. The lowest BCUT2D eigenvalue weighted by Crippen LogP contribution is -2.29. The molecule has 0 atom stereocenters. The van der Waals surface area contributed by atoms with Crippen LogP contribution in [0.1, 0.15) is 44.1 Å². The average Bonchev–Trinajstić information content (AvgIpc) is 3.07. The van der Waals surface area contributed by atoms with Crippen LogP contribution < -0.4 is 20.5 Å². The first-order chi connectivity index (χ1) is 16.0. The van der Waals surface area contributed by atoms with Gasteiger partial charge in [-0.3, -0.25) is 4.79 Å². The first-order valence-electron chi connectivity index (χ1n) is 11.9. The average molecular weight is 454 g/mol. The van der Waals surface area contributed by atoms with E-state index in [0.717, 1.165) is 64.1 Å². The van der Waals surface area contributed by atoms with Crippen molar-refractivity contribution in [2.24, 2.45) is 5.92 Å². The molecule has 9 heteroatoms. The van der Waals surface area contributed by atoms with Crippen LogP contribution in [0.25, 0.3) is 11.4 Å². The quantitative estimate of drug-likeness (QED) is 0.577. The van der Waals surface area contributed by atoms with Crippen molar-refractivity contribution in [1.29, 1.82) is 5.41 Å². The SMILES string of the molecule is CNc1nc(-c2ccc(N3CCCN(C)CC3)nc2OC)[nH]c(=O)c1C(=N)C1CCCCC1. The lowest BCUT2D eigenvalue weighted by Gasteiger charge is -2.23. The molecule has 0 bridgehead atoms. The van der Waals surface area contributed by atoms with Crippen molar-refractivity contribution in [3.05, 3.63) is 28.0 Å². The largest absolute Gasteiger partial charge is 0.480 e. The summed E-state index contributed by atoms with van der Waals surface area (Å²) in [5, 5.41) is 11.7. The molecule has 0 amide bonds. The molecule has 3 heterocycles. The summed E-state index contributed by atoms with van der Waals surface area (Å²) in [7, 11) is 5.45. The smallest absolute Gasteiger partial charge is 0.262 e. The van der Waals surface area contributed by atoms with E-state index in [1.54, 1.807) is 14.2 Å². The zero-order valence-corrected chi connectivity index (χ0v) is 19.9. The first-order valence-corrected chi connectivity index (χ1v) is 11.9. The van der Waals surface area contributed by atoms with Crippen LogP contribution >= 0.6 is 0 Å². The maximum absolute atomic E-state index is 13.1.